The molecule has 0 aliphatic rings. The van der Waals surface area contributed by atoms with Crippen LogP contribution in [-0.4, -0.2) is 29.4 Å². The zero-order valence-electron chi connectivity index (χ0n) is 8.35. The fraction of sp³-hybridized carbons (Fsp3) is 0.300. The van der Waals surface area contributed by atoms with Crippen LogP contribution in [0.25, 0.3) is 0 Å². The summed E-state index contributed by atoms with van der Waals surface area (Å²) in [5.41, 5.74) is 0.144. The largest absolute Gasteiger partial charge is 0.493 e. The van der Waals surface area contributed by atoms with E-state index in [1.54, 1.807) is 18.2 Å². The zero-order chi connectivity index (χ0) is 10.4. The molecule has 5 heteroatoms. The first-order valence-electron chi connectivity index (χ1n) is 4.31. The number of rotatable bonds is 5. The smallest absolute Gasteiger partial charge is 0.339 e. The SMILES string of the molecule is O=C(O)c1ccccc1OCCCO.[Zn]. The van der Waals surface area contributed by atoms with Crippen LogP contribution in [-0.2, 0) is 19.5 Å². The molecule has 1 aromatic rings. The maximum atomic E-state index is 10.7. The predicted octanol–water partition coefficient (Wildman–Crippen LogP) is 1.14. The number of carboxylic acids is 1. The molecule has 15 heavy (non-hydrogen) atoms. The topological polar surface area (TPSA) is 66.8 Å². The van der Waals surface area contributed by atoms with Crippen molar-refractivity contribution in [2.45, 2.75) is 6.42 Å². The molecule has 0 heterocycles. The minimum Gasteiger partial charge on any atom is -0.493 e. The molecular weight excluding hydrogens is 249 g/mol. The van der Waals surface area contributed by atoms with E-state index in [-0.39, 0.29) is 31.6 Å². The van der Waals surface area contributed by atoms with E-state index in [2.05, 4.69) is 0 Å². The standard InChI is InChI=1S/C10H12O4.Zn/c11-6-3-7-14-9-5-2-1-4-8(9)10(12)13;/h1-2,4-5,11H,3,6-7H2,(H,12,13);. The van der Waals surface area contributed by atoms with Crippen molar-refractivity contribution in [3.8, 4) is 5.75 Å². The number of benzene rings is 1. The van der Waals surface area contributed by atoms with Crippen LogP contribution in [0.1, 0.15) is 16.8 Å². The molecule has 0 atom stereocenters. The maximum absolute atomic E-state index is 10.7. The van der Waals surface area contributed by atoms with E-state index >= 15 is 0 Å². The molecule has 0 aliphatic carbocycles. The summed E-state index contributed by atoms with van der Waals surface area (Å²) in [5, 5.41) is 17.3. The summed E-state index contributed by atoms with van der Waals surface area (Å²) in [6, 6.07) is 6.43. The molecule has 2 N–H and O–H groups in total. The number of carbonyl (C=O) groups is 1. The van der Waals surface area contributed by atoms with Gasteiger partial charge in [0.2, 0.25) is 0 Å². The summed E-state index contributed by atoms with van der Waals surface area (Å²) in [7, 11) is 0. The van der Waals surface area contributed by atoms with Crippen molar-refractivity contribution in [3.05, 3.63) is 29.8 Å². The Morgan fingerprint density at radius 1 is 1.33 bits per heavy atom. The van der Waals surface area contributed by atoms with E-state index in [0.717, 1.165) is 0 Å². The normalized spacial score (nSPS) is 9.13. The summed E-state index contributed by atoms with van der Waals surface area (Å²) < 4.78 is 5.20. The summed E-state index contributed by atoms with van der Waals surface area (Å²) >= 11 is 0. The van der Waals surface area contributed by atoms with Gasteiger partial charge in [0.05, 0.1) is 6.61 Å². The molecule has 0 radical (unpaired) electrons. The van der Waals surface area contributed by atoms with Crippen LogP contribution in [0.4, 0.5) is 0 Å². The molecule has 0 spiro atoms. The molecule has 78 valence electrons. The van der Waals surface area contributed by atoms with Crippen LogP contribution in [0.2, 0.25) is 0 Å². The summed E-state index contributed by atoms with van der Waals surface area (Å²) in [6.45, 7) is 0.357. The molecule has 1 aromatic carbocycles. The van der Waals surface area contributed by atoms with Crippen LogP contribution in [0.5, 0.6) is 5.75 Å². The van der Waals surface area contributed by atoms with Gasteiger partial charge < -0.3 is 14.9 Å². The van der Waals surface area contributed by atoms with E-state index in [1.165, 1.54) is 6.07 Å². The van der Waals surface area contributed by atoms with Crippen LogP contribution in [0.15, 0.2) is 24.3 Å². The molecule has 0 amide bonds. The van der Waals surface area contributed by atoms with Crippen molar-refractivity contribution < 1.29 is 39.2 Å². The monoisotopic (exact) mass is 260 g/mol. The number of para-hydroxylation sites is 1. The summed E-state index contributed by atoms with van der Waals surface area (Å²) in [6.07, 6.45) is 0.494. The third kappa shape index (κ3) is 4.41. The third-order valence-electron chi connectivity index (χ3n) is 1.68. The van der Waals surface area contributed by atoms with Gasteiger partial charge in [0.25, 0.3) is 0 Å². The average Bonchev–Trinajstić information content (AvgIpc) is 2.19. The second-order valence-electron chi connectivity index (χ2n) is 2.73. The number of carboxylic acid groups (broad SMARTS) is 1. The number of hydrogen-bond acceptors (Lipinski definition) is 3. The minimum atomic E-state index is -1.01. The second-order valence-corrected chi connectivity index (χ2v) is 2.73. The van der Waals surface area contributed by atoms with E-state index in [4.69, 9.17) is 14.9 Å². The van der Waals surface area contributed by atoms with Gasteiger partial charge in [0.15, 0.2) is 0 Å². The Labute approximate surface area is 101 Å². The molecule has 0 saturated heterocycles. The van der Waals surface area contributed by atoms with Gasteiger partial charge in [-0.1, -0.05) is 12.1 Å². The van der Waals surface area contributed by atoms with Crippen molar-refractivity contribution in [3.63, 3.8) is 0 Å². The van der Waals surface area contributed by atoms with Crippen molar-refractivity contribution in [2.75, 3.05) is 13.2 Å². The van der Waals surface area contributed by atoms with Crippen molar-refractivity contribution >= 4 is 5.97 Å². The quantitative estimate of drug-likeness (QED) is 0.616. The Kier molecular flexibility index (Phi) is 6.92. The molecule has 0 aliphatic heterocycles. The third-order valence-corrected chi connectivity index (χ3v) is 1.68. The predicted molar refractivity (Wildman–Crippen MR) is 50.6 cm³/mol. The average molecular weight is 262 g/mol. The fourth-order valence-corrected chi connectivity index (χ4v) is 1.02. The Balaban J connectivity index is 0.00000196. The maximum Gasteiger partial charge on any atom is 0.339 e. The van der Waals surface area contributed by atoms with E-state index in [0.29, 0.717) is 18.8 Å². The first kappa shape index (κ1) is 14.1. The molecule has 0 fully saturated rings. The van der Waals surface area contributed by atoms with Gasteiger partial charge in [-0.2, -0.15) is 0 Å². The van der Waals surface area contributed by atoms with Crippen LogP contribution in [0.3, 0.4) is 0 Å². The number of aromatic carboxylic acids is 1. The molecular formula is C10H12O4Zn. The number of ether oxygens (including phenoxy) is 1. The summed E-state index contributed by atoms with van der Waals surface area (Å²) in [5.74, 6) is -0.668. The minimum absolute atomic E-state index is 0. The Hall–Kier alpha value is -0.927. The summed E-state index contributed by atoms with van der Waals surface area (Å²) in [4.78, 5) is 10.7. The van der Waals surface area contributed by atoms with E-state index < -0.39 is 5.97 Å². The van der Waals surface area contributed by atoms with Crippen LogP contribution in [0, 0.1) is 0 Å². The van der Waals surface area contributed by atoms with E-state index in [9.17, 15) is 4.79 Å². The van der Waals surface area contributed by atoms with Crippen molar-refractivity contribution in [1.82, 2.24) is 0 Å². The molecule has 4 nitrogen and oxygen atoms in total. The van der Waals surface area contributed by atoms with Crippen molar-refractivity contribution in [2.24, 2.45) is 0 Å². The fourth-order valence-electron chi connectivity index (χ4n) is 1.02. The Bertz CT molecular complexity index is 314. The van der Waals surface area contributed by atoms with Gasteiger partial charge in [-0.15, -0.1) is 0 Å². The Morgan fingerprint density at radius 3 is 2.60 bits per heavy atom. The van der Waals surface area contributed by atoms with Gasteiger partial charge in [0.1, 0.15) is 11.3 Å². The van der Waals surface area contributed by atoms with Gasteiger partial charge in [-0.05, 0) is 12.1 Å². The van der Waals surface area contributed by atoms with Crippen LogP contribution >= 0.6 is 0 Å². The van der Waals surface area contributed by atoms with Gasteiger partial charge in [-0.25, -0.2) is 4.79 Å². The van der Waals surface area contributed by atoms with Gasteiger partial charge >= 0.3 is 5.97 Å². The molecule has 0 unspecified atom stereocenters. The molecule has 1 rings (SSSR count). The zero-order valence-corrected chi connectivity index (χ0v) is 11.3. The van der Waals surface area contributed by atoms with Crippen molar-refractivity contribution in [1.29, 1.82) is 0 Å². The molecule has 0 bridgehead atoms. The number of aliphatic hydroxyl groups excluding tert-OH is 1. The first-order chi connectivity index (χ1) is 6.75. The Morgan fingerprint density at radius 2 is 2.00 bits per heavy atom. The number of hydrogen-bond donors (Lipinski definition) is 2. The van der Waals surface area contributed by atoms with Gasteiger partial charge in [-0.3, -0.25) is 0 Å². The second kappa shape index (κ2) is 7.38. The first-order valence-corrected chi connectivity index (χ1v) is 4.31. The van der Waals surface area contributed by atoms with Gasteiger partial charge in [0, 0.05) is 32.5 Å². The number of aliphatic hydroxyl groups is 1. The van der Waals surface area contributed by atoms with Crippen LogP contribution < -0.4 is 4.74 Å². The molecule has 0 aromatic heterocycles. The van der Waals surface area contributed by atoms with E-state index in [1.807, 2.05) is 0 Å². The molecule has 0 saturated carbocycles.